The predicted octanol–water partition coefficient (Wildman–Crippen LogP) is 2.04. The number of nitrogens with one attached hydrogen (secondary N) is 1. The van der Waals surface area contributed by atoms with Gasteiger partial charge in [0.05, 0.1) is 0 Å². The molecule has 2 heterocycles. The Hall–Kier alpha value is -1.16. The Morgan fingerprint density at radius 3 is 2.79 bits per heavy atom. The number of hydrogen-bond acceptors (Lipinski definition) is 3. The van der Waals surface area contributed by atoms with Gasteiger partial charge in [-0.2, -0.15) is 0 Å². The van der Waals surface area contributed by atoms with Crippen molar-refractivity contribution in [2.75, 3.05) is 5.32 Å². The molecule has 4 nitrogen and oxygen atoms in total. The second-order valence-corrected chi connectivity index (χ2v) is 2.90. The van der Waals surface area contributed by atoms with E-state index in [9.17, 15) is 4.79 Å². The van der Waals surface area contributed by atoms with Crippen molar-refractivity contribution in [3.8, 4) is 0 Å². The topological polar surface area (TPSA) is 54.9 Å². The lowest BCUT2D eigenvalue weighted by molar-refractivity contribution is -0.116. The van der Waals surface area contributed by atoms with Crippen molar-refractivity contribution in [2.45, 2.75) is 26.7 Å². The third-order valence-electron chi connectivity index (χ3n) is 1.75. The molecule has 0 spiro atoms. The fourth-order valence-electron chi connectivity index (χ4n) is 1.15. The average Bonchev–Trinajstić information content (AvgIpc) is 2.21. The lowest BCUT2D eigenvalue weighted by atomic mass is 10.1. The molecule has 1 aromatic rings. The molecule has 1 aliphatic heterocycles. The summed E-state index contributed by atoms with van der Waals surface area (Å²) in [4.78, 5) is 18.6. The molecule has 14 heavy (non-hydrogen) atoms. The van der Waals surface area contributed by atoms with Gasteiger partial charge in [-0.05, 0) is 6.42 Å². The van der Waals surface area contributed by atoms with Crippen LogP contribution in [0, 0.1) is 0 Å². The van der Waals surface area contributed by atoms with E-state index in [1.807, 2.05) is 13.8 Å². The van der Waals surface area contributed by atoms with Crippen LogP contribution in [0.5, 0.6) is 0 Å². The summed E-state index contributed by atoms with van der Waals surface area (Å²) in [5.41, 5.74) is 0.832. The zero-order valence-corrected chi connectivity index (χ0v) is 8.93. The van der Waals surface area contributed by atoms with Crippen LogP contribution in [0.25, 0.3) is 0 Å². The largest absolute Gasteiger partial charge is 0.310 e. The van der Waals surface area contributed by atoms with E-state index < -0.39 is 0 Å². The summed E-state index contributed by atoms with van der Waals surface area (Å²) in [5, 5.41) is 3.06. The Bertz CT molecular complexity index is 341. The first kappa shape index (κ1) is 10.9. The molecule has 2 rings (SSSR count). The molecule has 0 radical (unpaired) electrons. The van der Waals surface area contributed by atoms with Crippen molar-refractivity contribution in [2.24, 2.45) is 0 Å². The van der Waals surface area contributed by atoms with E-state index in [1.54, 1.807) is 0 Å². The SMILES string of the molecule is CC.O=C1CCc2c(Cl)ncnc2N1. The summed E-state index contributed by atoms with van der Waals surface area (Å²) >= 11 is 5.79. The summed E-state index contributed by atoms with van der Waals surface area (Å²) in [6.45, 7) is 4.00. The normalized spacial score (nSPS) is 13.5. The second-order valence-electron chi connectivity index (χ2n) is 2.54. The molecule has 1 N–H and O–H groups in total. The molecule has 0 fully saturated rings. The number of fused-ring (bicyclic) bond motifs is 1. The van der Waals surface area contributed by atoms with Crippen LogP contribution in [0.4, 0.5) is 5.82 Å². The molecule has 1 aliphatic rings. The molecule has 0 bridgehead atoms. The maximum absolute atomic E-state index is 10.9. The number of rotatable bonds is 0. The quantitative estimate of drug-likeness (QED) is 0.671. The van der Waals surface area contributed by atoms with E-state index in [1.165, 1.54) is 6.33 Å². The van der Waals surface area contributed by atoms with Crippen LogP contribution < -0.4 is 5.32 Å². The summed E-state index contributed by atoms with van der Waals surface area (Å²) in [6.07, 6.45) is 2.42. The molecule has 1 amide bonds. The highest BCUT2D eigenvalue weighted by Crippen LogP contribution is 2.24. The van der Waals surface area contributed by atoms with E-state index in [2.05, 4.69) is 15.3 Å². The van der Waals surface area contributed by atoms with Gasteiger partial charge in [0.2, 0.25) is 5.91 Å². The Labute approximate surface area is 87.7 Å². The number of amides is 1. The number of anilines is 1. The molecule has 0 aliphatic carbocycles. The number of halogens is 1. The lowest BCUT2D eigenvalue weighted by Crippen LogP contribution is -2.20. The third-order valence-corrected chi connectivity index (χ3v) is 2.08. The van der Waals surface area contributed by atoms with E-state index in [-0.39, 0.29) is 5.91 Å². The summed E-state index contributed by atoms with van der Waals surface area (Å²) < 4.78 is 0. The fraction of sp³-hybridized carbons (Fsp3) is 0.444. The molecule has 0 atom stereocenters. The predicted molar refractivity (Wildman–Crippen MR) is 55.3 cm³/mol. The second kappa shape index (κ2) is 4.91. The Balaban J connectivity index is 0.000000461. The molecule has 1 aromatic heterocycles. The van der Waals surface area contributed by atoms with Crippen LogP contribution in [0.1, 0.15) is 25.8 Å². The van der Waals surface area contributed by atoms with Crippen LogP contribution in [-0.4, -0.2) is 15.9 Å². The first-order valence-corrected chi connectivity index (χ1v) is 4.94. The maximum atomic E-state index is 10.9. The smallest absolute Gasteiger partial charge is 0.225 e. The zero-order chi connectivity index (χ0) is 10.6. The van der Waals surface area contributed by atoms with Crippen molar-refractivity contribution >= 4 is 23.3 Å². The minimum atomic E-state index is -0.0164. The summed E-state index contributed by atoms with van der Waals surface area (Å²) in [5.74, 6) is 0.531. The van der Waals surface area contributed by atoms with E-state index in [0.29, 0.717) is 23.8 Å². The first-order valence-electron chi connectivity index (χ1n) is 4.56. The number of carbonyl (C=O) groups is 1. The number of hydrogen-bond donors (Lipinski definition) is 1. The molecular formula is C9H12ClN3O. The van der Waals surface area contributed by atoms with Gasteiger partial charge in [0, 0.05) is 12.0 Å². The fourth-order valence-corrected chi connectivity index (χ4v) is 1.38. The molecule has 0 saturated heterocycles. The molecule has 76 valence electrons. The van der Waals surface area contributed by atoms with Gasteiger partial charge in [0.25, 0.3) is 0 Å². The summed E-state index contributed by atoms with van der Waals surface area (Å²) in [7, 11) is 0. The molecule has 5 heteroatoms. The van der Waals surface area contributed by atoms with Crippen molar-refractivity contribution in [1.82, 2.24) is 9.97 Å². The van der Waals surface area contributed by atoms with Gasteiger partial charge >= 0.3 is 0 Å². The molecular weight excluding hydrogens is 202 g/mol. The van der Waals surface area contributed by atoms with Gasteiger partial charge in [0.1, 0.15) is 17.3 Å². The Kier molecular flexibility index (Phi) is 3.83. The van der Waals surface area contributed by atoms with Gasteiger partial charge in [-0.1, -0.05) is 25.4 Å². The van der Waals surface area contributed by atoms with Crippen molar-refractivity contribution in [1.29, 1.82) is 0 Å². The van der Waals surface area contributed by atoms with Gasteiger partial charge in [-0.15, -0.1) is 0 Å². The van der Waals surface area contributed by atoms with Crippen molar-refractivity contribution < 1.29 is 4.79 Å². The maximum Gasteiger partial charge on any atom is 0.225 e. The zero-order valence-electron chi connectivity index (χ0n) is 8.17. The Morgan fingerprint density at radius 2 is 2.07 bits per heavy atom. The van der Waals surface area contributed by atoms with Crippen LogP contribution >= 0.6 is 11.6 Å². The minimum absolute atomic E-state index is 0.0164. The van der Waals surface area contributed by atoms with Crippen LogP contribution in [-0.2, 0) is 11.2 Å². The number of nitrogens with zero attached hydrogens (tertiary/aromatic N) is 2. The molecule has 0 aromatic carbocycles. The van der Waals surface area contributed by atoms with Crippen LogP contribution in [0.3, 0.4) is 0 Å². The van der Waals surface area contributed by atoms with Crippen LogP contribution in [0.15, 0.2) is 6.33 Å². The average molecular weight is 214 g/mol. The van der Waals surface area contributed by atoms with Gasteiger partial charge in [-0.3, -0.25) is 4.79 Å². The first-order chi connectivity index (χ1) is 6.77. The van der Waals surface area contributed by atoms with Gasteiger partial charge < -0.3 is 5.32 Å². The highest BCUT2D eigenvalue weighted by atomic mass is 35.5. The minimum Gasteiger partial charge on any atom is -0.310 e. The number of carbonyl (C=O) groups excluding carboxylic acids is 1. The van der Waals surface area contributed by atoms with Gasteiger partial charge in [0.15, 0.2) is 0 Å². The number of aromatic nitrogens is 2. The third kappa shape index (κ3) is 2.20. The van der Waals surface area contributed by atoms with Crippen LogP contribution in [0.2, 0.25) is 5.15 Å². The highest BCUT2D eigenvalue weighted by molar-refractivity contribution is 6.30. The molecule has 0 unspecified atom stereocenters. The highest BCUT2D eigenvalue weighted by Gasteiger charge is 2.18. The van der Waals surface area contributed by atoms with Gasteiger partial charge in [-0.25, -0.2) is 9.97 Å². The molecule has 0 saturated carbocycles. The van der Waals surface area contributed by atoms with E-state index in [0.717, 1.165) is 5.56 Å². The van der Waals surface area contributed by atoms with E-state index >= 15 is 0 Å². The standard InChI is InChI=1S/C7H6ClN3O.C2H6/c8-6-4-1-2-5(12)11-7(4)10-3-9-6;1-2/h3H,1-2H2,(H,9,10,11,12);1-2H3. The lowest BCUT2D eigenvalue weighted by Gasteiger charge is -2.14. The van der Waals surface area contributed by atoms with Crippen molar-refractivity contribution in [3.05, 3.63) is 17.0 Å². The van der Waals surface area contributed by atoms with Crippen molar-refractivity contribution in [3.63, 3.8) is 0 Å². The van der Waals surface area contributed by atoms with E-state index in [4.69, 9.17) is 11.6 Å². The Morgan fingerprint density at radius 1 is 1.36 bits per heavy atom. The monoisotopic (exact) mass is 213 g/mol. The summed E-state index contributed by atoms with van der Waals surface area (Å²) in [6, 6.07) is 0.